The quantitative estimate of drug-likeness (QED) is 0.674. The second kappa shape index (κ2) is 4.39. The Morgan fingerprint density at radius 1 is 1.54 bits per heavy atom. The zero-order chi connectivity index (χ0) is 9.90. The van der Waals surface area contributed by atoms with Gasteiger partial charge < -0.3 is 10.0 Å². The van der Waals surface area contributed by atoms with E-state index in [9.17, 15) is 8.42 Å². The number of aliphatic hydroxyl groups is 1. The molecule has 0 amide bonds. The van der Waals surface area contributed by atoms with Gasteiger partial charge in [0.2, 0.25) is 0 Å². The monoisotopic (exact) mass is 207 g/mol. The van der Waals surface area contributed by atoms with Crippen LogP contribution in [-0.4, -0.2) is 56.2 Å². The zero-order valence-corrected chi connectivity index (χ0v) is 8.76. The van der Waals surface area contributed by atoms with Crippen LogP contribution in [0.3, 0.4) is 0 Å². The first-order valence-corrected chi connectivity index (χ1v) is 6.51. The molecule has 1 aliphatic rings. The Kier molecular flexibility index (Phi) is 3.70. The van der Waals surface area contributed by atoms with Crippen LogP contribution in [0.1, 0.15) is 12.8 Å². The minimum absolute atomic E-state index is 0.181. The van der Waals surface area contributed by atoms with Crippen molar-refractivity contribution in [3.05, 3.63) is 0 Å². The molecule has 0 aromatic rings. The fourth-order valence-corrected chi connectivity index (χ4v) is 2.66. The van der Waals surface area contributed by atoms with E-state index in [1.807, 2.05) is 0 Å². The van der Waals surface area contributed by atoms with E-state index in [0.717, 1.165) is 25.9 Å². The molecule has 78 valence electrons. The van der Waals surface area contributed by atoms with Gasteiger partial charge in [0.15, 0.2) is 9.84 Å². The van der Waals surface area contributed by atoms with Crippen molar-refractivity contribution >= 4 is 9.84 Å². The molecule has 0 spiro atoms. The smallest absolute Gasteiger partial charge is 0.151 e. The lowest BCUT2D eigenvalue weighted by atomic mass is 10.4. The van der Waals surface area contributed by atoms with Gasteiger partial charge in [-0.2, -0.15) is 0 Å². The molecular weight excluding hydrogens is 190 g/mol. The maximum absolute atomic E-state index is 11.2. The summed E-state index contributed by atoms with van der Waals surface area (Å²) in [5.41, 5.74) is 0. The maximum atomic E-state index is 11.2. The number of sulfone groups is 1. The highest BCUT2D eigenvalue weighted by atomic mass is 32.2. The van der Waals surface area contributed by atoms with Gasteiger partial charge in [0.25, 0.3) is 0 Å². The van der Waals surface area contributed by atoms with Crippen molar-refractivity contribution in [2.45, 2.75) is 18.1 Å². The Balaban J connectivity index is 2.37. The average molecular weight is 207 g/mol. The third-order valence-corrected chi connectivity index (χ3v) is 4.06. The van der Waals surface area contributed by atoms with Gasteiger partial charge in [-0.15, -0.1) is 0 Å². The van der Waals surface area contributed by atoms with Gasteiger partial charge in [-0.1, -0.05) is 0 Å². The number of likely N-dealkylation sites (tertiary alicyclic amines) is 1. The molecule has 0 bridgehead atoms. The summed E-state index contributed by atoms with van der Waals surface area (Å²) in [6.45, 7) is 2.47. The molecule has 1 unspecified atom stereocenters. The van der Waals surface area contributed by atoms with Gasteiger partial charge in [-0.25, -0.2) is 8.42 Å². The maximum Gasteiger partial charge on any atom is 0.151 e. The second-order valence-corrected chi connectivity index (χ2v) is 5.94. The zero-order valence-electron chi connectivity index (χ0n) is 7.94. The van der Waals surface area contributed by atoms with Crippen molar-refractivity contribution < 1.29 is 13.5 Å². The molecule has 1 atom stereocenters. The Morgan fingerprint density at radius 2 is 2.23 bits per heavy atom. The lowest BCUT2D eigenvalue weighted by molar-refractivity contribution is 0.248. The molecule has 5 heteroatoms. The van der Waals surface area contributed by atoms with Crippen LogP contribution < -0.4 is 0 Å². The van der Waals surface area contributed by atoms with E-state index in [1.165, 1.54) is 6.26 Å². The topological polar surface area (TPSA) is 57.6 Å². The molecular formula is C8H17NO3S. The van der Waals surface area contributed by atoms with Crippen LogP contribution in [0.4, 0.5) is 0 Å². The van der Waals surface area contributed by atoms with Gasteiger partial charge in [0.05, 0.1) is 5.25 Å². The van der Waals surface area contributed by atoms with Crippen LogP contribution in [-0.2, 0) is 9.84 Å². The molecule has 0 radical (unpaired) electrons. The van der Waals surface area contributed by atoms with Crippen LogP contribution in [0.2, 0.25) is 0 Å². The molecule has 1 rings (SSSR count). The number of nitrogens with zero attached hydrogens (tertiary/aromatic N) is 1. The lowest BCUT2D eigenvalue weighted by Gasteiger charge is -2.14. The molecule has 0 aromatic carbocycles. The van der Waals surface area contributed by atoms with E-state index >= 15 is 0 Å². The molecule has 0 aliphatic carbocycles. The lowest BCUT2D eigenvalue weighted by Crippen LogP contribution is -2.27. The summed E-state index contributed by atoms with van der Waals surface area (Å²) in [5.74, 6) is 0. The molecule has 0 aromatic heterocycles. The molecule has 1 N–H and O–H groups in total. The van der Waals surface area contributed by atoms with E-state index in [0.29, 0.717) is 6.54 Å². The van der Waals surface area contributed by atoms with Gasteiger partial charge >= 0.3 is 0 Å². The summed E-state index contributed by atoms with van der Waals surface area (Å²) in [7, 11) is -2.86. The minimum Gasteiger partial charge on any atom is -0.396 e. The van der Waals surface area contributed by atoms with Crippen LogP contribution in [0.5, 0.6) is 0 Å². The predicted octanol–water partition coefficient (Wildman–Crippen LogP) is -0.512. The fourth-order valence-electron chi connectivity index (χ4n) is 1.64. The molecule has 1 saturated heterocycles. The Bertz CT molecular complexity index is 250. The Hall–Kier alpha value is -0.130. The molecule has 13 heavy (non-hydrogen) atoms. The highest BCUT2D eigenvalue weighted by Crippen LogP contribution is 2.15. The summed E-state index contributed by atoms with van der Waals surface area (Å²) in [6, 6.07) is 0. The highest BCUT2D eigenvalue weighted by molar-refractivity contribution is 7.91. The van der Waals surface area contributed by atoms with Crippen molar-refractivity contribution in [3.63, 3.8) is 0 Å². The van der Waals surface area contributed by atoms with E-state index in [4.69, 9.17) is 5.11 Å². The summed E-state index contributed by atoms with van der Waals surface area (Å²) >= 11 is 0. The van der Waals surface area contributed by atoms with E-state index in [1.54, 1.807) is 0 Å². The highest BCUT2D eigenvalue weighted by Gasteiger charge is 2.29. The first-order chi connectivity index (χ1) is 6.04. The fraction of sp³-hybridized carbons (Fsp3) is 1.00. The second-order valence-electron chi connectivity index (χ2n) is 3.62. The van der Waals surface area contributed by atoms with E-state index in [2.05, 4.69) is 4.90 Å². The van der Waals surface area contributed by atoms with Crippen molar-refractivity contribution in [1.82, 2.24) is 4.90 Å². The summed E-state index contributed by atoms with van der Waals surface area (Å²) < 4.78 is 22.4. The first-order valence-electron chi connectivity index (χ1n) is 4.56. The van der Waals surface area contributed by atoms with Gasteiger partial charge in [-0.3, -0.25) is 0 Å². The number of hydrogen-bond donors (Lipinski definition) is 1. The standard InChI is InChI=1S/C8H17NO3S/c1-13(11,12)8-3-5-9(7-8)4-2-6-10/h8,10H,2-7H2,1H3. The number of rotatable bonds is 4. The van der Waals surface area contributed by atoms with Crippen molar-refractivity contribution in [1.29, 1.82) is 0 Å². The molecule has 0 saturated carbocycles. The summed E-state index contributed by atoms with van der Waals surface area (Å²) in [4.78, 5) is 2.10. The largest absolute Gasteiger partial charge is 0.396 e. The van der Waals surface area contributed by atoms with Crippen LogP contribution in [0, 0.1) is 0 Å². The predicted molar refractivity (Wildman–Crippen MR) is 51.4 cm³/mol. The molecule has 4 nitrogen and oxygen atoms in total. The van der Waals surface area contributed by atoms with E-state index < -0.39 is 9.84 Å². The minimum atomic E-state index is -2.86. The molecule has 1 fully saturated rings. The average Bonchev–Trinajstić information content (AvgIpc) is 2.47. The Morgan fingerprint density at radius 3 is 2.69 bits per heavy atom. The van der Waals surface area contributed by atoms with Crippen molar-refractivity contribution in [3.8, 4) is 0 Å². The third kappa shape index (κ3) is 3.25. The Labute approximate surface area is 79.5 Å². The SMILES string of the molecule is CS(=O)(=O)C1CCN(CCCO)C1. The van der Waals surface area contributed by atoms with Gasteiger partial charge in [0.1, 0.15) is 0 Å². The molecule has 1 heterocycles. The molecule has 1 aliphatic heterocycles. The first kappa shape index (κ1) is 10.9. The van der Waals surface area contributed by atoms with Crippen molar-refractivity contribution in [2.24, 2.45) is 0 Å². The summed E-state index contributed by atoms with van der Waals surface area (Å²) in [5, 5.41) is 8.42. The van der Waals surface area contributed by atoms with Crippen LogP contribution in [0.25, 0.3) is 0 Å². The van der Waals surface area contributed by atoms with Gasteiger partial charge in [-0.05, 0) is 19.4 Å². The normalized spacial score (nSPS) is 25.2. The van der Waals surface area contributed by atoms with Crippen LogP contribution in [0.15, 0.2) is 0 Å². The van der Waals surface area contributed by atoms with Crippen molar-refractivity contribution in [2.75, 3.05) is 32.5 Å². The number of aliphatic hydroxyl groups excluding tert-OH is 1. The summed E-state index contributed by atoms with van der Waals surface area (Å²) in [6.07, 6.45) is 2.77. The third-order valence-electron chi connectivity index (χ3n) is 2.47. The van der Waals surface area contributed by atoms with Gasteiger partial charge in [0, 0.05) is 26.0 Å². The number of hydrogen-bond acceptors (Lipinski definition) is 4. The van der Waals surface area contributed by atoms with E-state index in [-0.39, 0.29) is 11.9 Å². The van der Waals surface area contributed by atoms with Crippen LogP contribution >= 0.6 is 0 Å².